The lowest BCUT2D eigenvalue weighted by Gasteiger charge is -2.22. The molecule has 0 N–H and O–H groups in total. The number of hydrogen-bond acceptors (Lipinski definition) is 3. The van der Waals surface area contributed by atoms with Crippen molar-refractivity contribution in [2.75, 3.05) is 20.0 Å². The van der Waals surface area contributed by atoms with Gasteiger partial charge in [-0.2, -0.15) is 0 Å². The zero-order chi connectivity index (χ0) is 10.5. The Hall–Kier alpha value is -0.900. The summed E-state index contributed by atoms with van der Waals surface area (Å²) in [5, 5.41) is 0. The lowest BCUT2D eigenvalue weighted by Crippen LogP contribution is -2.31. The van der Waals surface area contributed by atoms with Crippen molar-refractivity contribution in [3.63, 3.8) is 0 Å². The number of hydrogen-bond donors (Lipinski definition) is 0. The summed E-state index contributed by atoms with van der Waals surface area (Å²) in [6.45, 7) is 4.35. The third-order valence-electron chi connectivity index (χ3n) is 2.38. The minimum absolute atomic E-state index is 0.0695. The van der Waals surface area contributed by atoms with Gasteiger partial charge in [-0.15, -0.1) is 0 Å². The summed E-state index contributed by atoms with van der Waals surface area (Å²) in [4.78, 5) is 0. The number of aryl methyl sites for hydroxylation is 1. The van der Waals surface area contributed by atoms with Crippen LogP contribution in [0.25, 0.3) is 0 Å². The van der Waals surface area contributed by atoms with Gasteiger partial charge in [-0.1, -0.05) is 29.8 Å². The number of ether oxygens (including phenoxy) is 3. The van der Waals surface area contributed by atoms with Crippen molar-refractivity contribution in [2.45, 2.75) is 19.6 Å². The van der Waals surface area contributed by atoms with Crippen molar-refractivity contribution in [1.82, 2.24) is 0 Å². The average Bonchev–Trinajstić information content (AvgIpc) is 2.30. The van der Waals surface area contributed by atoms with Crippen LogP contribution in [0.5, 0.6) is 0 Å². The second-order valence-electron chi connectivity index (χ2n) is 3.78. The van der Waals surface area contributed by atoms with Gasteiger partial charge in [0.05, 0.1) is 19.8 Å². The Morgan fingerprint density at radius 2 is 1.87 bits per heavy atom. The molecule has 0 amide bonds. The zero-order valence-electron chi connectivity index (χ0n) is 8.94. The van der Waals surface area contributed by atoms with E-state index < -0.39 is 0 Å². The Balaban J connectivity index is 1.79. The predicted octanol–water partition coefficient (Wildman–Crippen LogP) is 1.88. The molecule has 82 valence electrons. The van der Waals surface area contributed by atoms with E-state index >= 15 is 0 Å². The van der Waals surface area contributed by atoms with Crippen LogP contribution in [0.3, 0.4) is 0 Å². The van der Waals surface area contributed by atoms with Gasteiger partial charge < -0.3 is 14.2 Å². The van der Waals surface area contributed by atoms with Crippen LogP contribution in [-0.4, -0.2) is 26.1 Å². The molecular formula is C12H16O3. The largest absolute Gasteiger partial charge is 0.369 e. The van der Waals surface area contributed by atoms with Crippen molar-refractivity contribution >= 4 is 0 Å². The van der Waals surface area contributed by atoms with Crippen molar-refractivity contribution in [1.29, 1.82) is 0 Å². The van der Waals surface area contributed by atoms with Gasteiger partial charge >= 0.3 is 0 Å². The highest BCUT2D eigenvalue weighted by atomic mass is 16.7. The topological polar surface area (TPSA) is 27.7 Å². The highest BCUT2D eigenvalue weighted by Crippen LogP contribution is 2.08. The Bertz CT molecular complexity index is 288. The highest BCUT2D eigenvalue weighted by molar-refractivity contribution is 5.20. The monoisotopic (exact) mass is 208 g/mol. The Morgan fingerprint density at radius 3 is 2.53 bits per heavy atom. The zero-order valence-corrected chi connectivity index (χ0v) is 8.94. The van der Waals surface area contributed by atoms with Crippen molar-refractivity contribution in [3.05, 3.63) is 35.4 Å². The molecule has 1 fully saturated rings. The van der Waals surface area contributed by atoms with Crippen LogP contribution in [-0.2, 0) is 20.8 Å². The maximum Gasteiger partial charge on any atom is 0.146 e. The molecule has 15 heavy (non-hydrogen) atoms. The quantitative estimate of drug-likeness (QED) is 0.759. The molecule has 0 radical (unpaired) electrons. The second kappa shape index (κ2) is 5.26. The van der Waals surface area contributed by atoms with E-state index in [1.165, 1.54) is 11.1 Å². The van der Waals surface area contributed by atoms with Crippen molar-refractivity contribution in [2.24, 2.45) is 0 Å². The average molecular weight is 208 g/mol. The maximum absolute atomic E-state index is 5.66. The van der Waals surface area contributed by atoms with Gasteiger partial charge in [0.25, 0.3) is 0 Å². The van der Waals surface area contributed by atoms with E-state index in [9.17, 15) is 0 Å². The number of rotatable bonds is 3. The van der Waals surface area contributed by atoms with E-state index in [1.54, 1.807) is 0 Å². The summed E-state index contributed by atoms with van der Waals surface area (Å²) >= 11 is 0. The van der Waals surface area contributed by atoms with Gasteiger partial charge in [-0.3, -0.25) is 0 Å². The van der Waals surface area contributed by atoms with Gasteiger partial charge in [0, 0.05) is 0 Å². The molecule has 0 atom stereocenters. The third-order valence-corrected chi connectivity index (χ3v) is 2.38. The van der Waals surface area contributed by atoms with Crippen LogP contribution < -0.4 is 0 Å². The first-order valence-electron chi connectivity index (χ1n) is 5.17. The fourth-order valence-electron chi connectivity index (χ4n) is 1.46. The van der Waals surface area contributed by atoms with E-state index in [1.807, 2.05) is 0 Å². The first-order chi connectivity index (χ1) is 7.34. The fourth-order valence-corrected chi connectivity index (χ4v) is 1.46. The SMILES string of the molecule is Cc1ccc(COC2COCOC2)cc1. The van der Waals surface area contributed by atoms with Crippen LogP contribution in [0.15, 0.2) is 24.3 Å². The molecule has 3 nitrogen and oxygen atoms in total. The maximum atomic E-state index is 5.66. The summed E-state index contributed by atoms with van der Waals surface area (Å²) in [5.74, 6) is 0. The summed E-state index contributed by atoms with van der Waals surface area (Å²) in [6, 6.07) is 8.35. The molecule has 1 heterocycles. The van der Waals surface area contributed by atoms with Gasteiger partial charge in [0.2, 0.25) is 0 Å². The predicted molar refractivity (Wildman–Crippen MR) is 56.5 cm³/mol. The van der Waals surface area contributed by atoms with Crippen LogP contribution in [0.4, 0.5) is 0 Å². The summed E-state index contributed by atoms with van der Waals surface area (Å²) < 4.78 is 15.9. The molecule has 0 aliphatic carbocycles. The lowest BCUT2D eigenvalue weighted by atomic mass is 10.2. The van der Waals surface area contributed by atoms with Crippen molar-refractivity contribution in [3.8, 4) is 0 Å². The van der Waals surface area contributed by atoms with Gasteiger partial charge in [-0.05, 0) is 12.5 Å². The molecule has 0 bridgehead atoms. The van der Waals surface area contributed by atoms with Crippen molar-refractivity contribution < 1.29 is 14.2 Å². The highest BCUT2D eigenvalue weighted by Gasteiger charge is 2.14. The standard InChI is InChI=1S/C12H16O3/c1-10-2-4-11(5-3-10)6-15-12-7-13-9-14-8-12/h2-5,12H,6-9H2,1H3. The van der Waals surface area contributed by atoms with E-state index in [4.69, 9.17) is 14.2 Å². The molecule has 1 aromatic rings. The Labute approximate surface area is 90.0 Å². The molecule has 3 heteroatoms. The van der Waals surface area contributed by atoms with Gasteiger partial charge in [-0.25, -0.2) is 0 Å². The van der Waals surface area contributed by atoms with Crippen LogP contribution in [0.1, 0.15) is 11.1 Å². The summed E-state index contributed by atoms with van der Waals surface area (Å²) in [6.07, 6.45) is 0.0695. The van der Waals surface area contributed by atoms with Gasteiger partial charge in [0.1, 0.15) is 12.9 Å². The second-order valence-corrected chi connectivity index (χ2v) is 3.78. The first-order valence-corrected chi connectivity index (χ1v) is 5.17. The molecule has 0 spiro atoms. The minimum Gasteiger partial charge on any atom is -0.369 e. The number of benzene rings is 1. The Morgan fingerprint density at radius 1 is 1.20 bits per heavy atom. The molecular weight excluding hydrogens is 192 g/mol. The molecule has 1 saturated heterocycles. The van der Waals surface area contributed by atoms with E-state index in [-0.39, 0.29) is 6.10 Å². The summed E-state index contributed by atoms with van der Waals surface area (Å²) in [5.41, 5.74) is 2.45. The van der Waals surface area contributed by atoms with E-state index in [0.29, 0.717) is 26.6 Å². The van der Waals surface area contributed by atoms with Crippen LogP contribution in [0, 0.1) is 6.92 Å². The molecule has 0 aromatic heterocycles. The van der Waals surface area contributed by atoms with Gasteiger partial charge in [0.15, 0.2) is 0 Å². The van der Waals surface area contributed by atoms with Crippen LogP contribution in [0.2, 0.25) is 0 Å². The molecule has 2 rings (SSSR count). The molecule has 1 aliphatic rings. The molecule has 0 unspecified atom stereocenters. The normalized spacial score (nSPS) is 17.9. The smallest absolute Gasteiger partial charge is 0.146 e. The molecule has 0 saturated carbocycles. The first kappa shape index (κ1) is 10.6. The third kappa shape index (κ3) is 3.30. The molecule has 1 aromatic carbocycles. The van der Waals surface area contributed by atoms with E-state index in [2.05, 4.69) is 31.2 Å². The fraction of sp³-hybridized carbons (Fsp3) is 0.500. The Kier molecular flexibility index (Phi) is 3.72. The minimum atomic E-state index is 0.0695. The molecule has 1 aliphatic heterocycles. The van der Waals surface area contributed by atoms with E-state index in [0.717, 1.165) is 0 Å². The summed E-state index contributed by atoms with van der Waals surface area (Å²) in [7, 11) is 0. The lowest BCUT2D eigenvalue weighted by molar-refractivity contribution is -0.170. The van der Waals surface area contributed by atoms with Crippen LogP contribution >= 0.6 is 0 Å².